The highest BCUT2D eigenvalue weighted by Crippen LogP contribution is 2.35. The monoisotopic (exact) mass is 395 g/mol. The highest BCUT2D eigenvalue weighted by Gasteiger charge is 2.33. The number of benzene rings is 2. The van der Waals surface area contributed by atoms with Gasteiger partial charge in [0.1, 0.15) is 0 Å². The minimum Gasteiger partial charge on any atom is -0.267 e. The molecule has 2 heterocycles. The summed E-state index contributed by atoms with van der Waals surface area (Å²) in [5, 5.41) is 7.47. The predicted molar refractivity (Wildman–Crippen MR) is 107 cm³/mol. The Kier molecular flexibility index (Phi) is 4.92. The van der Waals surface area contributed by atoms with Crippen molar-refractivity contribution in [2.24, 2.45) is 5.10 Å². The lowest BCUT2D eigenvalue weighted by atomic mass is 9.98. The molecule has 27 heavy (non-hydrogen) atoms. The van der Waals surface area contributed by atoms with Crippen LogP contribution in [0.1, 0.15) is 33.9 Å². The molecule has 1 unspecified atom stereocenters. The maximum Gasteiger partial charge on any atom is 0.274 e. The molecule has 1 amide bonds. The van der Waals surface area contributed by atoms with Crippen molar-refractivity contribution in [2.45, 2.75) is 12.5 Å². The summed E-state index contributed by atoms with van der Waals surface area (Å²) >= 11 is 12.2. The average Bonchev–Trinajstić information content (AvgIpc) is 3.14. The Morgan fingerprint density at radius 1 is 0.963 bits per heavy atom. The zero-order valence-corrected chi connectivity index (χ0v) is 15.7. The maximum atomic E-state index is 13.1. The Labute approximate surface area is 167 Å². The Morgan fingerprint density at radius 2 is 1.70 bits per heavy atom. The summed E-state index contributed by atoms with van der Waals surface area (Å²) in [5.41, 5.74) is 3.26. The van der Waals surface area contributed by atoms with Crippen LogP contribution in [0, 0.1) is 0 Å². The molecule has 4 rings (SSSR count). The highest BCUT2D eigenvalue weighted by atomic mass is 35.5. The summed E-state index contributed by atoms with van der Waals surface area (Å²) in [6, 6.07) is 18.2. The van der Waals surface area contributed by atoms with E-state index in [0.29, 0.717) is 22.0 Å². The second kappa shape index (κ2) is 7.51. The van der Waals surface area contributed by atoms with Gasteiger partial charge in [-0.15, -0.1) is 0 Å². The van der Waals surface area contributed by atoms with Crippen molar-refractivity contribution in [3.8, 4) is 0 Å². The Balaban J connectivity index is 1.74. The zero-order chi connectivity index (χ0) is 18.8. The van der Waals surface area contributed by atoms with Crippen molar-refractivity contribution < 1.29 is 4.79 Å². The molecule has 0 fully saturated rings. The molecule has 0 saturated heterocycles. The van der Waals surface area contributed by atoms with E-state index in [4.69, 9.17) is 23.2 Å². The van der Waals surface area contributed by atoms with Crippen molar-refractivity contribution in [2.75, 3.05) is 0 Å². The summed E-state index contributed by atoms with van der Waals surface area (Å²) in [4.78, 5) is 17.1. The molecule has 1 atom stereocenters. The van der Waals surface area contributed by atoms with E-state index in [1.165, 1.54) is 5.01 Å². The van der Waals surface area contributed by atoms with Crippen molar-refractivity contribution in [1.29, 1.82) is 0 Å². The first-order chi connectivity index (χ1) is 13.1. The van der Waals surface area contributed by atoms with E-state index in [1.54, 1.807) is 24.5 Å². The fourth-order valence-corrected chi connectivity index (χ4v) is 3.44. The van der Waals surface area contributed by atoms with Crippen molar-refractivity contribution in [3.05, 3.63) is 99.8 Å². The van der Waals surface area contributed by atoms with Crippen LogP contribution in [0.15, 0.2) is 78.2 Å². The lowest BCUT2D eigenvalue weighted by molar-refractivity contribution is 0.0711. The SMILES string of the molecule is O=C(c1ccncc1)N1N=C(c2ccc(Cl)cc2)CC1c1cccc(Cl)c1. The standard InChI is InChI=1S/C21H15Cl2N3O/c22-17-6-4-14(5-7-17)19-13-20(16-2-1-3-18(23)12-16)26(25-19)21(27)15-8-10-24-11-9-15/h1-12,20H,13H2. The molecular weight excluding hydrogens is 381 g/mol. The number of carbonyl (C=O) groups is 1. The third-order valence-corrected chi connectivity index (χ3v) is 4.94. The predicted octanol–water partition coefficient (Wildman–Crippen LogP) is 5.38. The summed E-state index contributed by atoms with van der Waals surface area (Å²) in [7, 11) is 0. The zero-order valence-electron chi connectivity index (χ0n) is 14.2. The normalized spacial score (nSPS) is 16.3. The number of pyridine rings is 1. The molecule has 4 nitrogen and oxygen atoms in total. The molecule has 0 spiro atoms. The fraction of sp³-hybridized carbons (Fsp3) is 0.0952. The maximum absolute atomic E-state index is 13.1. The highest BCUT2D eigenvalue weighted by molar-refractivity contribution is 6.31. The van der Waals surface area contributed by atoms with E-state index in [2.05, 4.69) is 10.1 Å². The summed E-state index contributed by atoms with van der Waals surface area (Å²) in [6.07, 6.45) is 3.79. The number of aromatic nitrogens is 1. The third kappa shape index (κ3) is 3.72. The number of hydrogen-bond donors (Lipinski definition) is 0. The summed E-state index contributed by atoms with van der Waals surface area (Å²) in [5.74, 6) is -0.175. The van der Waals surface area contributed by atoms with Crippen molar-refractivity contribution in [3.63, 3.8) is 0 Å². The van der Waals surface area contributed by atoms with E-state index >= 15 is 0 Å². The molecule has 0 aliphatic carbocycles. The minimum atomic E-state index is -0.227. The van der Waals surface area contributed by atoms with Crippen LogP contribution in [0.5, 0.6) is 0 Å². The second-order valence-electron chi connectivity index (χ2n) is 6.21. The number of carbonyl (C=O) groups excluding carboxylic acids is 1. The van der Waals surface area contributed by atoms with Gasteiger partial charge in [0.15, 0.2) is 0 Å². The van der Waals surface area contributed by atoms with Gasteiger partial charge in [-0.3, -0.25) is 9.78 Å². The van der Waals surface area contributed by atoms with Crippen LogP contribution in [0.2, 0.25) is 10.0 Å². The van der Waals surface area contributed by atoms with E-state index in [-0.39, 0.29) is 11.9 Å². The Bertz CT molecular complexity index is 1000. The Morgan fingerprint density at radius 3 is 2.41 bits per heavy atom. The van der Waals surface area contributed by atoms with Crippen LogP contribution < -0.4 is 0 Å². The van der Waals surface area contributed by atoms with Crippen LogP contribution in [0.3, 0.4) is 0 Å². The molecular formula is C21H15Cl2N3O. The van der Waals surface area contributed by atoms with Gasteiger partial charge < -0.3 is 0 Å². The molecule has 2 aromatic carbocycles. The Hall–Kier alpha value is -2.69. The van der Waals surface area contributed by atoms with E-state index in [1.807, 2.05) is 48.5 Å². The van der Waals surface area contributed by atoms with Gasteiger partial charge in [-0.1, -0.05) is 47.5 Å². The lowest BCUT2D eigenvalue weighted by Gasteiger charge is -2.22. The van der Waals surface area contributed by atoms with Crippen LogP contribution in [0.4, 0.5) is 0 Å². The van der Waals surface area contributed by atoms with Crippen LogP contribution >= 0.6 is 23.2 Å². The van der Waals surface area contributed by atoms with Gasteiger partial charge in [0.25, 0.3) is 5.91 Å². The molecule has 1 aromatic heterocycles. The summed E-state index contributed by atoms with van der Waals surface area (Å²) in [6.45, 7) is 0. The van der Waals surface area contributed by atoms with Gasteiger partial charge >= 0.3 is 0 Å². The average molecular weight is 396 g/mol. The number of hydrazone groups is 1. The largest absolute Gasteiger partial charge is 0.274 e. The fourth-order valence-electron chi connectivity index (χ4n) is 3.11. The number of hydrogen-bond acceptors (Lipinski definition) is 3. The van der Waals surface area contributed by atoms with Gasteiger partial charge in [0.2, 0.25) is 0 Å². The molecule has 0 bridgehead atoms. The van der Waals surface area contributed by atoms with Crippen molar-refractivity contribution in [1.82, 2.24) is 9.99 Å². The van der Waals surface area contributed by atoms with Crippen LogP contribution in [-0.4, -0.2) is 21.6 Å². The van der Waals surface area contributed by atoms with Crippen molar-refractivity contribution >= 4 is 34.8 Å². The van der Waals surface area contributed by atoms with E-state index in [9.17, 15) is 4.79 Å². The van der Waals surface area contributed by atoms with Crippen LogP contribution in [-0.2, 0) is 0 Å². The molecule has 1 aliphatic heterocycles. The van der Waals surface area contributed by atoms with Gasteiger partial charge in [0, 0.05) is 34.4 Å². The number of amides is 1. The van der Waals surface area contributed by atoms with Gasteiger partial charge in [-0.05, 0) is 47.5 Å². The van der Waals surface area contributed by atoms with Gasteiger partial charge in [-0.2, -0.15) is 5.10 Å². The van der Waals surface area contributed by atoms with E-state index in [0.717, 1.165) is 16.8 Å². The quantitative estimate of drug-likeness (QED) is 0.597. The number of halogens is 2. The number of nitrogens with zero attached hydrogens (tertiary/aromatic N) is 3. The number of rotatable bonds is 3. The molecule has 6 heteroatoms. The topological polar surface area (TPSA) is 45.6 Å². The lowest BCUT2D eigenvalue weighted by Crippen LogP contribution is -2.27. The second-order valence-corrected chi connectivity index (χ2v) is 7.09. The molecule has 3 aromatic rings. The third-order valence-electron chi connectivity index (χ3n) is 4.46. The van der Waals surface area contributed by atoms with Gasteiger partial charge in [0.05, 0.1) is 11.8 Å². The molecule has 0 radical (unpaired) electrons. The first-order valence-electron chi connectivity index (χ1n) is 8.44. The van der Waals surface area contributed by atoms with Gasteiger partial charge in [-0.25, -0.2) is 5.01 Å². The minimum absolute atomic E-state index is 0.175. The molecule has 1 aliphatic rings. The van der Waals surface area contributed by atoms with Crippen LogP contribution in [0.25, 0.3) is 0 Å². The summed E-state index contributed by atoms with van der Waals surface area (Å²) < 4.78 is 0. The van der Waals surface area contributed by atoms with E-state index < -0.39 is 0 Å². The first-order valence-corrected chi connectivity index (χ1v) is 9.20. The smallest absolute Gasteiger partial charge is 0.267 e. The molecule has 0 N–H and O–H groups in total. The molecule has 134 valence electrons. The molecule has 0 saturated carbocycles. The first kappa shape index (κ1) is 17.7.